The molecular weight excluding hydrogens is 246 g/mol. The Morgan fingerprint density at radius 2 is 1.75 bits per heavy atom. The van der Waals surface area contributed by atoms with E-state index in [1.54, 1.807) is 0 Å². The van der Waals surface area contributed by atoms with Crippen molar-refractivity contribution in [2.45, 2.75) is 13.5 Å². The summed E-state index contributed by atoms with van der Waals surface area (Å²) in [5.41, 5.74) is 7.99. The van der Waals surface area contributed by atoms with Gasteiger partial charge in [0.05, 0.1) is 0 Å². The Labute approximate surface area is 118 Å². The molecule has 100 valence electrons. The molecule has 0 radical (unpaired) electrons. The minimum atomic E-state index is 0.556. The van der Waals surface area contributed by atoms with Gasteiger partial charge in [-0.05, 0) is 41.6 Å². The molecule has 0 saturated heterocycles. The van der Waals surface area contributed by atoms with E-state index in [0.717, 1.165) is 28.0 Å². The molecule has 2 heteroatoms. The first kappa shape index (κ1) is 12.7. The molecule has 0 aliphatic heterocycles. The van der Waals surface area contributed by atoms with Crippen molar-refractivity contribution in [3.63, 3.8) is 0 Å². The van der Waals surface area contributed by atoms with Crippen LogP contribution in [0.1, 0.15) is 11.1 Å². The zero-order valence-electron chi connectivity index (χ0n) is 11.5. The van der Waals surface area contributed by atoms with Gasteiger partial charge in [-0.3, -0.25) is 0 Å². The van der Waals surface area contributed by atoms with Crippen molar-refractivity contribution in [2.75, 3.05) is 0 Å². The number of hydrogen-bond acceptors (Lipinski definition) is 2. The third kappa shape index (κ3) is 2.38. The third-order valence-electron chi connectivity index (χ3n) is 3.51. The number of benzene rings is 3. The number of fused-ring (bicyclic) bond motifs is 1. The molecule has 2 nitrogen and oxygen atoms in total. The second kappa shape index (κ2) is 5.35. The highest BCUT2D eigenvalue weighted by atomic mass is 16.5. The summed E-state index contributed by atoms with van der Waals surface area (Å²) in [5.74, 6) is 1.72. The van der Waals surface area contributed by atoms with Crippen LogP contribution in [0.4, 0.5) is 0 Å². The fourth-order valence-electron chi connectivity index (χ4n) is 2.37. The van der Waals surface area contributed by atoms with Gasteiger partial charge in [-0.1, -0.05) is 42.5 Å². The van der Waals surface area contributed by atoms with Crippen molar-refractivity contribution in [3.05, 3.63) is 71.8 Å². The second-order valence-electron chi connectivity index (χ2n) is 4.87. The maximum atomic E-state index is 6.03. The van der Waals surface area contributed by atoms with Crippen LogP contribution in [0.5, 0.6) is 11.5 Å². The number of ether oxygens (including phenoxy) is 1. The average Bonchev–Trinajstić information content (AvgIpc) is 2.48. The molecule has 0 aromatic heterocycles. The minimum absolute atomic E-state index is 0.556. The van der Waals surface area contributed by atoms with E-state index in [-0.39, 0.29) is 0 Å². The minimum Gasteiger partial charge on any atom is -0.457 e. The smallest absolute Gasteiger partial charge is 0.135 e. The quantitative estimate of drug-likeness (QED) is 0.760. The Kier molecular flexibility index (Phi) is 3.40. The molecule has 0 heterocycles. The first-order valence-corrected chi connectivity index (χ1v) is 6.73. The highest BCUT2D eigenvalue weighted by Crippen LogP contribution is 2.30. The molecule has 0 bridgehead atoms. The molecule has 0 aliphatic rings. The van der Waals surface area contributed by atoms with Crippen LogP contribution in [0, 0.1) is 6.92 Å². The van der Waals surface area contributed by atoms with Gasteiger partial charge in [0, 0.05) is 11.9 Å². The number of aryl methyl sites for hydroxylation is 1. The van der Waals surface area contributed by atoms with Crippen molar-refractivity contribution in [3.8, 4) is 11.5 Å². The molecule has 2 N–H and O–H groups in total. The predicted molar refractivity (Wildman–Crippen MR) is 83.1 cm³/mol. The van der Waals surface area contributed by atoms with Crippen LogP contribution < -0.4 is 10.5 Å². The lowest BCUT2D eigenvalue weighted by atomic mass is 10.1. The van der Waals surface area contributed by atoms with Crippen molar-refractivity contribution in [1.29, 1.82) is 0 Å². The molecule has 20 heavy (non-hydrogen) atoms. The summed E-state index contributed by atoms with van der Waals surface area (Å²) in [6.07, 6.45) is 0. The lowest BCUT2D eigenvalue weighted by Gasteiger charge is -2.11. The molecule has 0 fully saturated rings. The van der Waals surface area contributed by atoms with E-state index in [0.29, 0.717) is 6.54 Å². The zero-order valence-corrected chi connectivity index (χ0v) is 11.5. The Morgan fingerprint density at radius 3 is 2.55 bits per heavy atom. The topological polar surface area (TPSA) is 35.2 Å². The summed E-state index contributed by atoms with van der Waals surface area (Å²) in [4.78, 5) is 0. The molecule has 3 rings (SSSR count). The summed E-state index contributed by atoms with van der Waals surface area (Å²) < 4.78 is 6.03. The average molecular weight is 263 g/mol. The number of hydrogen-bond donors (Lipinski definition) is 1. The van der Waals surface area contributed by atoms with E-state index in [1.807, 2.05) is 42.5 Å². The van der Waals surface area contributed by atoms with Gasteiger partial charge < -0.3 is 10.5 Å². The maximum Gasteiger partial charge on any atom is 0.135 e. The maximum absolute atomic E-state index is 6.03. The van der Waals surface area contributed by atoms with Crippen LogP contribution >= 0.6 is 0 Å². The van der Waals surface area contributed by atoms with Crippen LogP contribution in [0.3, 0.4) is 0 Å². The van der Waals surface area contributed by atoms with Gasteiger partial charge in [0.1, 0.15) is 11.5 Å². The Bertz CT molecular complexity index is 744. The summed E-state index contributed by atoms with van der Waals surface area (Å²) >= 11 is 0. The van der Waals surface area contributed by atoms with E-state index in [1.165, 1.54) is 5.39 Å². The zero-order chi connectivity index (χ0) is 13.9. The molecular formula is C18H17NO. The lowest BCUT2D eigenvalue weighted by Crippen LogP contribution is -1.99. The van der Waals surface area contributed by atoms with Gasteiger partial charge in [0.2, 0.25) is 0 Å². The van der Waals surface area contributed by atoms with Crippen molar-refractivity contribution in [1.82, 2.24) is 0 Å². The van der Waals surface area contributed by atoms with E-state index in [2.05, 4.69) is 25.1 Å². The van der Waals surface area contributed by atoms with E-state index < -0.39 is 0 Å². The van der Waals surface area contributed by atoms with E-state index in [9.17, 15) is 0 Å². The van der Waals surface area contributed by atoms with Gasteiger partial charge in [-0.2, -0.15) is 0 Å². The van der Waals surface area contributed by atoms with Crippen LogP contribution in [-0.2, 0) is 6.54 Å². The molecule has 0 aliphatic carbocycles. The van der Waals surface area contributed by atoms with Crippen LogP contribution in [0.25, 0.3) is 10.8 Å². The van der Waals surface area contributed by atoms with E-state index >= 15 is 0 Å². The number of nitrogens with two attached hydrogens (primary N) is 1. The first-order chi connectivity index (χ1) is 9.78. The van der Waals surface area contributed by atoms with Crippen molar-refractivity contribution >= 4 is 10.8 Å². The van der Waals surface area contributed by atoms with Crippen LogP contribution in [0.15, 0.2) is 60.7 Å². The summed E-state index contributed by atoms with van der Waals surface area (Å²) in [7, 11) is 0. The molecule has 3 aromatic rings. The van der Waals surface area contributed by atoms with Crippen LogP contribution in [0.2, 0.25) is 0 Å². The fraction of sp³-hybridized carbons (Fsp3) is 0.111. The molecule has 3 aromatic carbocycles. The molecule has 0 amide bonds. The lowest BCUT2D eigenvalue weighted by molar-refractivity contribution is 0.487. The van der Waals surface area contributed by atoms with Gasteiger partial charge >= 0.3 is 0 Å². The largest absolute Gasteiger partial charge is 0.457 e. The van der Waals surface area contributed by atoms with Gasteiger partial charge in [-0.25, -0.2) is 0 Å². The highest BCUT2D eigenvalue weighted by Gasteiger charge is 2.04. The summed E-state index contributed by atoms with van der Waals surface area (Å²) in [6, 6.07) is 20.3. The molecule has 0 spiro atoms. The van der Waals surface area contributed by atoms with Gasteiger partial charge in [0.25, 0.3) is 0 Å². The highest BCUT2D eigenvalue weighted by molar-refractivity contribution is 5.88. The summed E-state index contributed by atoms with van der Waals surface area (Å²) in [5, 5.41) is 2.30. The van der Waals surface area contributed by atoms with Crippen molar-refractivity contribution < 1.29 is 4.74 Å². The third-order valence-corrected chi connectivity index (χ3v) is 3.51. The molecule has 0 atom stereocenters. The molecule has 0 unspecified atom stereocenters. The molecule has 0 saturated carbocycles. The monoisotopic (exact) mass is 263 g/mol. The fourth-order valence-corrected chi connectivity index (χ4v) is 2.37. The van der Waals surface area contributed by atoms with Crippen LogP contribution in [-0.4, -0.2) is 0 Å². The standard InChI is InChI=1S/C18H17NO/c1-13-11-16(10-9-15(13)12-19)20-18-8-4-6-14-5-2-3-7-17(14)18/h2-11H,12,19H2,1H3. The first-order valence-electron chi connectivity index (χ1n) is 6.73. The predicted octanol–water partition coefficient (Wildman–Crippen LogP) is 4.40. The Morgan fingerprint density at radius 1 is 0.950 bits per heavy atom. The normalized spacial score (nSPS) is 10.7. The number of rotatable bonds is 3. The van der Waals surface area contributed by atoms with E-state index in [4.69, 9.17) is 10.5 Å². The SMILES string of the molecule is Cc1cc(Oc2cccc3ccccc23)ccc1CN. The Balaban J connectivity index is 1.99. The van der Waals surface area contributed by atoms with Gasteiger partial charge in [0.15, 0.2) is 0 Å². The second-order valence-corrected chi connectivity index (χ2v) is 4.87. The van der Waals surface area contributed by atoms with Gasteiger partial charge in [-0.15, -0.1) is 0 Å². The summed E-state index contributed by atoms with van der Waals surface area (Å²) in [6.45, 7) is 2.61. The Hall–Kier alpha value is -2.32. The van der Waals surface area contributed by atoms with Crippen molar-refractivity contribution in [2.24, 2.45) is 5.73 Å².